The van der Waals surface area contributed by atoms with Gasteiger partial charge in [0.05, 0.1) is 6.61 Å². The van der Waals surface area contributed by atoms with Gasteiger partial charge >= 0.3 is 0 Å². The van der Waals surface area contributed by atoms with Gasteiger partial charge in [-0.2, -0.15) is 0 Å². The Hall–Kier alpha value is -0.650. The predicted octanol–water partition coefficient (Wildman–Crippen LogP) is 0.576. The summed E-state index contributed by atoms with van der Waals surface area (Å²) in [5.74, 6) is 0.818. The van der Waals surface area contributed by atoms with E-state index in [1.54, 1.807) is 0 Å². The number of hydrogen-bond donors (Lipinski definition) is 1. The molecule has 0 bridgehead atoms. The third-order valence-electron chi connectivity index (χ3n) is 4.79. The maximum atomic E-state index is 11.5. The fraction of sp³-hybridized carbons (Fsp3) is 0.933. The summed E-state index contributed by atoms with van der Waals surface area (Å²) in [5.41, 5.74) is 0.00336. The molecule has 1 amide bonds. The van der Waals surface area contributed by atoms with Gasteiger partial charge in [0.25, 0.3) is 0 Å². The summed E-state index contributed by atoms with van der Waals surface area (Å²) in [6.45, 7) is 4.54. The number of carbonyl (C=O) groups excluding carboxylic acids is 1. The van der Waals surface area contributed by atoms with E-state index in [1.165, 1.54) is 0 Å². The van der Waals surface area contributed by atoms with Crippen LogP contribution in [0.25, 0.3) is 0 Å². The summed E-state index contributed by atoms with van der Waals surface area (Å²) in [6, 6.07) is 0. The Balaban J connectivity index is 1.82. The van der Waals surface area contributed by atoms with E-state index < -0.39 is 0 Å². The molecule has 2 heterocycles. The van der Waals surface area contributed by atoms with Crippen LogP contribution in [-0.2, 0) is 9.53 Å². The number of aliphatic hydroxyl groups excluding tert-OH is 1. The highest BCUT2D eigenvalue weighted by atomic mass is 16.5. The van der Waals surface area contributed by atoms with Crippen molar-refractivity contribution in [3.05, 3.63) is 0 Å². The van der Waals surface area contributed by atoms with Gasteiger partial charge in [0.2, 0.25) is 5.91 Å². The average molecular weight is 284 g/mol. The minimum Gasteiger partial charge on any atom is -0.396 e. The van der Waals surface area contributed by atoms with Crippen molar-refractivity contribution in [2.75, 3.05) is 53.6 Å². The highest BCUT2D eigenvalue weighted by Crippen LogP contribution is 2.31. The molecule has 2 rings (SSSR count). The lowest BCUT2D eigenvalue weighted by molar-refractivity contribution is -0.133. The second-order valence-electron chi connectivity index (χ2n) is 6.65. The molecule has 1 atom stereocenters. The molecule has 0 aromatic rings. The SMILES string of the molecule is CN(CC1CCC(=O)N(C)C1)CC1(CO)CCOCC1. The molecular weight excluding hydrogens is 256 g/mol. The molecule has 5 nitrogen and oxygen atoms in total. The smallest absolute Gasteiger partial charge is 0.222 e. The molecular formula is C15H28N2O3. The van der Waals surface area contributed by atoms with Gasteiger partial charge in [-0.25, -0.2) is 0 Å². The second-order valence-corrected chi connectivity index (χ2v) is 6.65. The van der Waals surface area contributed by atoms with E-state index in [9.17, 15) is 9.90 Å². The number of likely N-dealkylation sites (tertiary alicyclic amines) is 1. The summed E-state index contributed by atoms with van der Waals surface area (Å²) in [4.78, 5) is 15.7. The molecule has 0 aromatic heterocycles. The van der Waals surface area contributed by atoms with Gasteiger partial charge in [-0.1, -0.05) is 0 Å². The molecule has 2 aliphatic heterocycles. The van der Waals surface area contributed by atoms with E-state index >= 15 is 0 Å². The Kier molecular flexibility index (Phi) is 5.41. The minimum absolute atomic E-state index is 0.00336. The van der Waals surface area contributed by atoms with Gasteiger partial charge in [-0.15, -0.1) is 0 Å². The van der Waals surface area contributed by atoms with Gasteiger partial charge in [-0.05, 0) is 32.2 Å². The summed E-state index contributed by atoms with van der Waals surface area (Å²) in [5, 5.41) is 9.74. The Morgan fingerprint density at radius 1 is 1.45 bits per heavy atom. The number of hydrogen-bond acceptors (Lipinski definition) is 4. The zero-order valence-electron chi connectivity index (χ0n) is 12.8. The van der Waals surface area contributed by atoms with Crippen molar-refractivity contribution in [2.45, 2.75) is 25.7 Å². The van der Waals surface area contributed by atoms with E-state index in [0.717, 1.165) is 52.1 Å². The van der Waals surface area contributed by atoms with Crippen molar-refractivity contribution in [3.8, 4) is 0 Å². The quantitative estimate of drug-likeness (QED) is 0.802. The first kappa shape index (κ1) is 15.7. The molecule has 2 saturated heterocycles. The standard InChI is InChI=1S/C15H28N2O3/c1-16(9-13-3-4-14(19)17(2)10-13)11-15(12-18)5-7-20-8-6-15/h13,18H,3-12H2,1-2H3. The molecule has 116 valence electrons. The van der Waals surface area contributed by atoms with Crippen LogP contribution in [0.15, 0.2) is 0 Å². The Morgan fingerprint density at radius 3 is 2.75 bits per heavy atom. The van der Waals surface area contributed by atoms with Crippen LogP contribution in [0.1, 0.15) is 25.7 Å². The number of amides is 1. The van der Waals surface area contributed by atoms with Gasteiger partial charge in [0.1, 0.15) is 0 Å². The molecule has 2 aliphatic rings. The number of aliphatic hydroxyl groups is 1. The number of carbonyl (C=O) groups is 1. The van der Waals surface area contributed by atoms with Gasteiger partial charge in [-0.3, -0.25) is 4.79 Å². The predicted molar refractivity (Wildman–Crippen MR) is 77.4 cm³/mol. The largest absolute Gasteiger partial charge is 0.396 e. The first-order chi connectivity index (χ1) is 9.54. The van der Waals surface area contributed by atoms with Gasteiger partial charge < -0.3 is 19.6 Å². The first-order valence-corrected chi connectivity index (χ1v) is 7.66. The van der Waals surface area contributed by atoms with Gasteiger partial charge in [0, 0.05) is 51.7 Å². The van der Waals surface area contributed by atoms with Crippen LogP contribution < -0.4 is 0 Å². The maximum Gasteiger partial charge on any atom is 0.222 e. The number of nitrogens with zero attached hydrogens (tertiary/aromatic N) is 2. The van der Waals surface area contributed by atoms with E-state index in [0.29, 0.717) is 12.3 Å². The zero-order valence-corrected chi connectivity index (χ0v) is 12.8. The van der Waals surface area contributed by atoms with Crippen LogP contribution in [0, 0.1) is 11.3 Å². The van der Waals surface area contributed by atoms with Crippen LogP contribution in [-0.4, -0.2) is 74.4 Å². The summed E-state index contributed by atoms with van der Waals surface area (Å²) < 4.78 is 5.41. The lowest BCUT2D eigenvalue weighted by Crippen LogP contribution is -2.46. The minimum atomic E-state index is 0.00336. The van der Waals surface area contributed by atoms with Crippen molar-refractivity contribution < 1.29 is 14.6 Å². The fourth-order valence-corrected chi connectivity index (χ4v) is 3.50. The molecule has 5 heteroatoms. The van der Waals surface area contributed by atoms with Crippen molar-refractivity contribution in [2.24, 2.45) is 11.3 Å². The lowest BCUT2D eigenvalue weighted by atomic mass is 9.80. The second kappa shape index (κ2) is 6.87. The normalized spacial score (nSPS) is 27.1. The molecule has 0 spiro atoms. The first-order valence-electron chi connectivity index (χ1n) is 7.66. The topological polar surface area (TPSA) is 53.0 Å². The molecule has 0 aliphatic carbocycles. The van der Waals surface area contributed by atoms with Gasteiger partial charge in [0.15, 0.2) is 0 Å². The van der Waals surface area contributed by atoms with Crippen LogP contribution in [0.4, 0.5) is 0 Å². The summed E-state index contributed by atoms with van der Waals surface area (Å²) in [7, 11) is 4.02. The van der Waals surface area contributed by atoms with Crippen molar-refractivity contribution in [3.63, 3.8) is 0 Å². The maximum absolute atomic E-state index is 11.5. The molecule has 0 radical (unpaired) electrons. The Bertz CT molecular complexity index is 329. The number of piperidine rings is 1. The van der Waals surface area contributed by atoms with E-state index in [4.69, 9.17) is 4.74 Å². The van der Waals surface area contributed by atoms with E-state index in [2.05, 4.69) is 11.9 Å². The lowest BCUT2D eigenvalue weighted by Gasteiger charge is -2.40. The molecule has 2 fully saturated rings. The number of rotatable bonds is 5. The molecule has 0 aromatic carbocycles. The van der Waals surface area contributed by atoms with Crippen molar-refractivity contribution >= 4 is 5.91 Å². The van der Waals surface area contributed by atoms with Crippen molar-refractivity contribution in [1.82, 2.24) is 9.80 Å². The monoisotopic (exact) mass is 284 g/mol. The van der Waals surface area contributed by atoms with Crippen LogP contribution >= 0.6 is 0 Å². The third-order valence-corrected chi connectivity index (χ3v) is 4.79. The van der Waals surface area contributed by atoms with Crippen LogP contribution in [0.3, 0.4) is 0 Å². The molecule has 0 saturated carbocycles. The molecule has 1 unspecified atom stereocenters. The summed E-state index contributed by atoms with van der Waals surface area (Å²) in [6.07, 6.45) is 3.55. The highest BCUT2D eigenvalue weighted by Gasteiger charge is 2.34. The highest BCUT2D eigenvalue weighted by molar-refractivity contribution is 5.76. The average Bonchev–Trinajstić information content (AvgIpc) is 2.44. The molecule has 1 N–H and O–H groups in total. The number of ether oxygens (including phenoxy) is 1. The fourth-order valence-electron chi connectivity index (χ4n) is 3.50. The van der Waals surface area contributed by atoms with E-state index in [-0.39, 0.29) is 17.9 Å². The summed E-state index contributed by atoms with van der Waals surface area (Å²) >= 11 is 0. The van der Waals surface area contributed by atoms with Crippen LogP contribution in [0.2, 0.25) is 0 Å². The van der Waals surface area contributed by atoms with Crippen LogP contribution in [0.5, 0.6) is 0 Å². The Labute approximate surface area is 121 Å². The Morgan fingerprint density at radius 2 is 2.15 bits per heavy atom. The molecule has 20 heavy (non-hydrogen) atoms. The van der Waals surface area contributed by atoms with E-state index in [1.807, 2.05) is 11.9 Å². The zero-order chi connectivity index (χ0) is 14.6. The van der Waals surface area contributed by atoms with Crippen molar-refractivity contribution in [1.29, 1.82) is 0 Å². The third kappa shape index (κ3) is 3.93.